The Bertz CT molecular complexity index is 213. The summed E-state index contributed by atoms with van der Waals surface area (Å²) in [5.74, 6) is -0.307. The van der Waals surface area contributed by atoms with E-state index >= 15 is 0 Å². The predicted octanol–water partition coefficient (Wildman–Crippen LogP) is 2.23. The number of alkyl halides is 2. The van der Waals surface area contributed by atoms with Gasteiger partial charge in [-0.3, -0.25) is 4.79 Å². The van der Waals surface area contributed by atoms with Gasteiger partial charge >= 0.3 is 5.97 Å². The van der Waals surface area contributed by atoms with Gasteiger partial charge in [0.2, 0.25) is 0 Å². The summed E-state index contributed by atoms with van der Waals surface area (Å²) in [5, 5.41) is 8.60. The smallest absolute Gasteiger partial charge is 0.304 e. The van der Waals surface area contributed by atoms with Crippen LogP contribution < -0.4 is 0 Å². The van der Waals surface area contributed by atoms with Gasteiger partial charge in [0.05, 0.1) is 19.4 Å². The maximum Gasteiger partial charge on any atom is 0.304 e. The quantitative estimate of drug-likeness (QED) is 0.399. The Morgan fingerprint density at radius 2 is 2.07 bits per heavy atom. The van der Waals surface area contributed by atoms with Crippen LogP contribution in [-0.2, 0) is 14.1 Å². The summed E-state index contributed by atoms with van der Waals surface area (Å²) < 4.78 is 16.7. The molecule has 0 aliphatic carbocycles. The van der Waals surface area contributed by atoms with Crippen LogP contribution in [0.15, 0.2) is 0 Å². The molecule has 0 aliphatic heterocycles. The molecule has 0 amide bonds. The van der Waals surface area contributed by atoms with Crippen LogP contribution >= 0.6 is 31.0 Å². The zero-order chi connectivity index (χ0) is 11.7. The molecule has 2 atom stereocenters. The number of carboxylic acids is 1. The van der Waals surface area contributed by atoms with Gasteiger partial charge < -0.3 is 14.4 Å². The van der Waals surface area contributed by atoms with Crippen molar-refractivity contribution in [1.29, 1.82) is 0 Å². The number of carbonyl (C=O) groups is 1. The van der Waals surface area contributed by atoms with E-state index in [1.165, 1.54) is 0 Å². The Hall–Kier alpha value is 0.240. The summed E-state index contributed by atoms with van der Waals surface area (Å²) in [5.41, 5.74) is -0.375. The zero-order valence-electron chi connectivity index (χ0n) is 8.25. The first-order chi connectivity index (χ1) is 7.11. The fourth-order valence-corrected chi connectivity index (χ4v) is 3.07. The van der Waals surface area contributed by atoms with Crippen molar-refractivity contribution >= 4 is 37.0 Å². The van der Waals surface area contributed by atoms with Crippen LogP contribution in [0.2, 0.25) is 0 Å². The minimum atomic E-state index is -2.05. The first kappa shape index (κ1) is 15.2. The lowest BCUT2D eigenvalue weighted by Gasteiger charge is -2.13. The van der Waals surface area contributed by atoms with E-state index in [9.17, 15) is 9.36 Å². The summed E-state index contributed by atoms with van der Waals surface area (Å²) in [6.45, 7) is 0.332. The van der Waals surface area contributed by atoms with Crippen molar-refractivity contribution < 1.29 is 19.2 Å². The Balaban J connectivity index is 3.98. The highest BCUT2D eigenvalue weighted by Gasteiger charge is 2.19. The molecule has 0 aromatic heterocycles. The molecule has 0 aliphatic rings. The molecule has 0 bridgehead atoms. The fraction of sp³-hybridized carbons (Fsp3) is 0.875. The highest BCUT2D eigenvalue weighted by molar-refractivity contribution is 7.45. The second-order valence-electron chi connectivity index (χ2n) is 2.98. The van der Waals surface area contributed by atoms with Gasteiger partial charge in [-0.25, -0.2) is 0 Å². The lowest BCUT2D eigenvalue weighted by molar-refractivity contribution is -0.137. The van der Waals surface area contributed by atoms with E-state index in [2.05, 4.69) is 0 Å². The number of carboxylic acid groups (broad SMARTS) is 1. The van der Waals surface area contributed by atoms with Gasteiger partial charge in [0.1, 0.15) is 7.80 Å². The molecular formula is C8H15Cl2O4P. The molecule has 0 heterocycles. The molecule has 4 nitrogen and oxygen atoms in total. The van der Waals surface area contributed by atoms with Crippen LogP contribution in [0.1, 0.15) is 12.8 Å². The summed E-state index contributed by atoms with van der Waals surface area (Å²) in [7, 11) is -2.05. The second kappa shape index (κ2) is 9.46. The molecule has 0 aromatic rings. The number of hydrogen-bond donors (Lipinski definition) is 1. The van der Waals surface area contributed by atoms with Crippen molar-refractivity contribution in [3.05, 3.63) is 0 Å². The lowest BCUT2D eigenvalue weighted by atomic mass is 10.2. The Labute approximate surface area is 99.7 Å². The van der Waals surface area contributed by atoms with Gasteiger partial charge in [-0.15, -0.1) is 23.2 Å². The van der Waals surface area contributed by atoms with Crippen LogP contribution in [0.4, 0.5) is 0 Å². The zero-order valence-corrected chi connectivity index (χ0v) is 10.8. The van der Waals surface area contributed by atoms with Crippen LogP contribution in [-0.4, -0.2) is 41.4 Å². The Kier molecular flexibility index (Phi) is 9.62. The lowest BCUT2D eigenvalue weighted by Crippen LogP contribution is -2.12. The van der Waals surface area contributed by atoms with Gasteiger partial charge in [-0.2, -0.15) is 0 Å². The van der Waals surface area contributed by atoms with Crippen molar-refractivity contribution in [2.75, 3.05) is 24.7 Å². The van der Waals surface area contributed by atoms with E-state index in [1.807, 2.05) is 0 Å². The van der Waals surface area contributed by atoms with Crippen molar-refractivity contribution in [1.82, 2.24) is 0 Å². The molecule has 0 saturated carbocycles. The van der Waals surface area contributed by atoms with E-state index in [0.717, 1.165) is 0 Å². The summed E-state index contributed by atoms with van der Waals surface area (Å²) in [4.78, 5) is 10.5. The number of ether oxygens (including phenoxy) is 1. The van der Waals surface area contributed by atoms with Gasteiger partial charge in [0.25, 0.3) is 0 Å². The van der Waals surface area contributed by atoms with E-state index < -0.39 is 13.8 Å². The summed E-state index contributed by atoms with van der Waals surface area (Å²) >= 11 is 10.9. The number of hydrogen-bond acceptors (Lipinski definition) is 3. The number of rotatable bonds is 9. The fourth-order valence-electron chi connectivity index (χ4n) is 1.06. The molecule has 15 heavy (non-hydrogen) atoms. The van der Waals surface area contributed by atoms with Gasteiger partial charge in [-0.05, 0) is 6.42 Å². The third kappa shape index (κ3) is 8.09. The summed E-state index contributed by atoms with van der Waals surface area (Å²) in [6.07, 6.45) is 0.414. The first-order valence-electron chi connectivity index (χ1n) is 4.56. The average molecular weight is 277 g/mol. The van der Waals surface area contributed by atoms with Crippen molar-refractivity contribution in [3.8, 4) is 0 Å². The molecule has 0 radical (unpaired) electrons. The van der Waals surface area contributed by atoms with Gasteiger partial charge in [-0.1, -0.05) is 0 Å². The van der Waals surface area contributed by atoms with Crippen LogP contribution in [0.25, 0.3) is 0 Å². The van der Waals surface area contributed by atoms with E-state index in [4.69, 9.17) is 33.0 Å². The topological polar surface area (TPSA) is 63.6 Å². The standard InChI is InChI=1S/C8H15Cl2O4P/c9-2-1-7(5-8(11)12)15(13)6-14-4-3-10/h7,15H,1-6H2,(H,11,12). The molecule has 1 N–H and O–H groups in total. The highest BCUT2D eigenvalue weighted by atomic mass is 35.5. The monoisotopic (exact) mass is 276 g/mol. The third-order valence-electron chi connectivity index (χ3n) is 1.80. The van der Waals surface area contributed by atoms with Gasteiger partial charge in [0, 0.05) is 17.4 Å². The molecule has 0 aromatic carbocycles. The predicted molar refractivity (Wildman–Crippen MR) is 61.9 cm³/mol. The van der Waals surface area contributed by atoms with E-state index in [-0.39, 0.29) is 18.4 Å². The Morgan fingerprint density at radius 3 is 2.53 bits per heavy atom. The highest BCUT2D eigenvalue weighted by Crippen LogP contribution is 2.33. The molecule has 0 spiro atoms. The van der Waals surface area contributed by atoms with Crippen molar-refractivity contribution in [3.63, 3.8) is 0 Å². The normalized spacial score (nSPS) is 14.8. The summed E-state index contributed by atoms with van der Waals surface area (Å²) in [6, 6.07) is 0. The van der Waals surface area contributed by atoms with E-state index in [1.54, 1.807) is 0 Å². The molecule has 7 heteroatoms. The minimum absolute atomic E-state index is 0.0895. The number of halogens is 2. The molecule has 0 saturated heterocycles. The maximum atomic E-state index is 11.6. The molecular weight excluding hydrogens is 262 g/mol. The van der Waals surface area contributed by atoms with Crippen LogP contribution in [0.3, 0.4) is 0 Å². The first-order valence-corrected chi connectivity index (χ1v) is 7.32. The van der Waals surface area contributed by atoms with Crippen LogP contribution in [0.5, 0.6) is 0 Å². The molecule has 0 rings (SSSR count). The second-order valence-corrected chi connectivity index (χ2v) is 5.77. The van der Waals surface area contributed by atoms with Crippen molar-refractivity contribution in [2.24, 2.45) is 0 Å². The SMILES string of the molecule is O=C(O)CC(CCCl)[PH](=O)COCCCl. The average Bonchev–Trinajstić information content (AvgIpc) is 2.17. The number of aliphatic carboxylic acids is 1. The minimum Gasteiger partial charge on any atom is -0.481 e. The van der Waals surface area contributed by atoms with Crippen molar-refractivity contribution in [2.45, 2.75) is 18.5 Å². The third-order valence-corrected chi connectivity index (χ3v) is 4.06. The largest absolute Gasteiger partial charge is 0.481 e. The molecule has 2 unspecified atom stereocenters. The molecule has 0 fully saturated rings. The van der Waals surface area contributed by atoms with E-state index in [0.29, 0.717) is 24.8 Å². The Morgan fingerprint density at radius 1 is 1.40 bits per heavy atom. The van der Waals surface area contributed by atoms with Crippen LogP contribution in [0, 0.1) is 0 Å². The van der Waals surface area contributed by atoms with Gasteiger partial charge in [0.15, 0.2) is 0 Å². The molecule has 90 valence electrons. The maximum absolute atomic E-state index is 11.6.